The Bertz CT molecular complexity index is 621. The van der Waals surface area contributed by atoms with Gasteiger partial charge in [0.25, 0.3) is 0 Å². The standard InChI is InChI=1S/C13H12FNO4/c1-7-11(13(16)18-3)12(15-19-7)8-4-5-9(14)10(6-8)17-2/h4-6H,1-3H3. The molecule has 100 valence electrons. The van der Waals surface area contributed by atoms with E-state index in [4.69, 9.17) is 9.26 Å². The van der Waals surface area contributed by atoms with Crippen molar-refractivity contribution in [1.29, 1.82) is 0 Å². The first-order valence-electron chi connectivity index (χ1n) is 5.47. The molecular weight excluding hydrogens is 253 g/mol. The third-order valence-electron chi connectivity index (χ3n) is 2.68. The second kappa shape index (κ2) is 5.09. The summed E-state index contributed by atoms with van der Waals surface area (Å²) in [5.74, 6) is -0.651. The van der Waals surface area contributed by atoms with Gasteiger partial charge in [0.2, 0.25) is 0 Å². The Hall–Kier alpha value is -2.37. The van der Waals surface area contributed by atoms with Crippen LogP contribution in [0.5, 0.6) is 5.75 Å². The third kappa shape index (κ3) is 2.29. The fraction of sp³-hybridized carbons (Fsp3) is 0.231. The molecule has 0 radical (unpaired) electrons. The van der Waals surface area contributed by atoms with Crippen LogP contribution in [0.15, 0.2) is 22.7 Å². The van der Waals surface area contributed by atoms with Gasteiger partial charge in [-0.05, 0) is 25.1 Å². The molecule has 0 fully saturated rings. The summed E-state index contributed by atoms with van der Waals surface area (Å²) < 4.78 is 27.9. The summed E-state index contributed by atoms with van der Waals surface area (Å²) >= 11 is 0. The predicted molar refractivity (Wildman–Crippen MR) is 64.5 cm³/mol. The van der Waals surface area contributed by atoms with Gasteiger partial charge in [-0.1, -0.05) is 5.16 Å². The number of esters is 1. The van der Waals surface area contributed by atoms with Crippen LogP contribution >= 0.6 is 0 Å². The predicted octanol–water partition coefficient (Wildman–Crippen LogP) is 2.58. The van der Waals surface area contributed by atoms with E-state index in [1.807, 2.05) is 0 Å². The number of hydrogen-bond donors (Lipinski definition) is 0. The fourth-order valence-electron chi connectivity index (χ4n) is 1.72. The number of aryl methyl sites for hydroxylation is 1. The number of aromatic nitrogens is 1. The molecule has 0 aliphatic heterocycles. The maximum Gasteiger partial charge on any atom is 0.343 e. The van der Waals surface area contributed by atoms with Crippen LogP contribution in [0, 0.1) is 12.7 Å². The Morgan fingerprint density at radius 3 is 2.74 bits per heavy atom. The number of methoxy groups -OCH3 is 2. The summed E-state index contributed by atoms with van der Waals surface area (Å²) in [6.07, 6.45) is 0. The monoisotopic (exact) mass is 265 g/mol. The number of ether oxygens (including phenoxy) is 2. The van der Waals surface area contributed by atoms with Crippen molar-refractivity contribution in [3.05, 3.63) is 35.3 Å². The van der Waals surface area contributed by atoms with Crippen LogP contribution in [0.3, 0.4) is 0 Å². The van der Waals surface area contributed by atoms with E-state index in [1.54, 1.807) is 6.92 Å². The molecule has 1 aromatic carbocycles. The summed E-state index contributed by atoms with van der Waals surface area (Å²) in [4.78, 5) is 11.7. The van der Waals surface area contributed by atoms with Crippen LogP contribution < -0.4 is 4.74 Å². The van der Waals surface area contributed by atoms with Gasteiger partial charge in [-0.25, -0.2) is 9.18 Å². The minimum absolute atomic E-state index is 0.0639. The molecular formula is C13H12FNO4. The lowest BCUT2D eigenvalue weighted by molar-refractivity contribution is 0.0599. The molecule has 0 aliphatic carbocycles. The Balaban J connectivity index is 2.56. The molecule has 6 heteroatoms. The molecule has 0 amide bonds. The molecule has 0 N–H and O–H groups in total. The smallest absolute Gasteiger partial charge is 0.343 e. The summed E-state index contributed by atoms with van der Waals surface area (Å²) in [7, 11) is 2.63. The highest BCUT2D eigenvalue weighted by atomic mass is 19.1. The van der Waals surface area contributed by atoms with E-state index < -0.39 is 11.8 Å². The molecule has 0 bridgehead atoms. The molecule has 1 heterocycles. The molecule has 0 saturated heterocycles. The zero-order valence-electron chi connectivity index (χ0n) is 10.7. The molecule has 1 aromatic heterocycles. The van der Waals surface area contributed by atoms with Crippen molar-refractivity contribution in [2.24, 2.45) is 0 Å². The van der Waals surface area contributed by atoms with Gasteiger partial charge in [0.1, 0.15) is 17.0 Å². The van der Waals surface area contributed by atoms with Crippen molar-refractivity contribution in [3.63, 3.8) is 0 Å². The SMILES string of the molecule is COC(=O)c1c(-c2ccc(F)c(OC)c2)noc1C. The molecule has 0 spiro atoms. The van der Waals surface area contributed by atoms with E-state index in [0.29, 0.717) is 17.0 Å². The van der Waals surface area contributed by atoms with Crippen molar-refractivity contribution in [2.45, 2.75) is 6.92 Å². The molecule has 0 aliphatic rings. The van der Waals surface area contributed by atoms with E-state index in [0.717, 1.165) is 0 Å². The first-order chi connectivity index (χ1) is 9.08. The summed E-state index contributed by atoms with van der Waals surface area (Å²) in [6.45, 7) is 1.60. The number of nitrogens with zero attached hydrogens (tertiary/aromatic N) is 1. The minimum Gasteiger partial charge on any atom is -0.494 e. The molecule has 0 saturated carbocycles. The van der Waals surface area contributed by atoms with Gasteiger partial charge >= 0.3 is 5.97 Å². The van der Waals surface area contributed by atoms with Gasteiger partial charge in [0.05, 0.1) is 14.2 Å². The second-order valence-electron chi connectivity index (χ2n) is 3.80. The summed E-state index contributed by atoms with van der Waals surface area (Å²) in [5.41, 5.74) is 1.02. The van der Waals surface area contributed by atoms with E-state index in [9.17, 15) is 9.18 Å². The van der Waals surface area contributed by atoms with E-state index >= 15 is 0 Å². The molecule has 2 rings (SSSR count). The Morgan fingerprint density at radius 1 is 1.37 bits per heavy atom. The van der Waals surface area contributed by atoms with Crippen LogP contribution in [-0.2, 0) is 4.74 Å². The first-order valence-corrected chi connectivity index (χ1v) is 5.47. The van der Waals surface area contributed by atoms with Gasteiger partial charge in [-0.3, -0.25) is 0 Å². The van der Waals surface area contributed by atoms with Crippen LogP contribution in [0.1, 0.15) is 16.1 Å². The minimum atomic E-state index is -0.558. The molecule has 5 nitrogen and oxygen atoms in total. The normalized spacial score (nSPS) is 10.3. The zero-order valence-corrected chi connectivity index (χ0v) is 10.7. The quantitative estimate of drug-likeness (QED) is 0.798. The zero-order chi connectivity index (χ0) is 14.0. The number of carbonyl (C=O) groups excluding carboxylic acids is 1. The third-order valence-corrected chi connectivity index (χ3v) is 2.68. The molecule has 0 unspecified atom stereocenters. The number of benzene rings is 1. The summed E-state index contributed by atoms with van der Waals surface area (Å²) in [5, 5.41) is 3.81. The highest BCUT2D eigenvalue weighted by Crippen LogP contribution is 2.29. The van der Waals surface area contributed by atoms with Crippen LogP contribution in [-0.4, -0.2) is 25.3 Å². The summed E-state index contributed by atoms with van der Waals surface area (Å²) in [6, 6.07) is 4.17. The highest BCUT2D eigenvalue weighted by Gasteiger charge is 2.22. The highest BCUT2D eigenvalue weighted by molar-refractivity contribution is 5.97. The lowest BCUT2D eigenvalue weighted by Gasteiger charge is -2.05. The molecule has 2 aromatic rings. The maximum atomic E-state index is 13.4. The van der Waals surface area contributed by atoms with Gasteiger partial charge < -0.3 is 14.0 Å². The van der Waals surface area contributed by atoms with Crippen LogP contribution in [0.25, 0.3) is 11.3 Å². The van der Waals surface area contributed by atoms with Gasteiger partial charge in [-0.15, -0.1) is 0 Å². The maximum absolute atomic E-state index is 13.4. The largest absolute Gasteiger partial charge is 0.494 e. The van der Waals surface area contributed by atoms with E-state index in [1.165, 1.54) is 32.4 Å². The van der Waals surface area contributed by atoms with Crippen LogP contribution in [0.4, 0.5) is 4.39 Å². The number of halogens is 1. The van der Waals surface area contributed by atoms with Gasteiger partial charge in [0, 0.05) is 5.56 Å². The number of rotatable bonds is 3. The Morgan fingerprint density at radius 2 is 2.11 bits per heavy atom. The average molecular weight is 265 g/mol. The Labute approximate surface area is 108 Å². The molecule has 0 atom stereocenters. The lowest BCUT2D eigenvalue weighted by Crippen LogP contribution is -2.03. The van der Waals surface area contributed by atoms with Crippen molar-refractivity contribution < 1.29 is 23.2 Å². The fourth-order valence-corrected chi connectivity index (χ4v) is 1.72. The average Bonchev–Trinajstić information content (AvgIpc) is 2.80. The number of hydrogen-bond acceptors (Lipinski definition) is 5. The molecule has 19 heavy (non-hydrogen) atoms. The topological polar surface area (TPSA) is 61.6 Å². The Kier molecular flexibility index (Phi) is 3.50. The van der Waals surface area contributed by atoms with Crippen LogP contribution in [0.2, 0.25) is 0 Å². The van der Waals surface area contributed by atoms with Gasteiger partial charge in [-0.2, -0.15) is 0 Å². The van der Waals surface area contributed by atoms with Crippen molar-refractivity contribution in [3.8, 4) is 17.0 Å². The van der Waals surface area contributed by atoms with E-state index in [2.05, 4.69) is 9.89 Å². The second-order valence-corrected chi connectivity index (χ2v) is 3.80. The van der Waals surface area contributed by atoms with Crippen molar-refractivity contribution >= 4 is 5.97 Å². The van der Waals surface area contributed by atoms with E-state index in [-0.39, 0.29) is 11.3 Å². The number of carbonyl (C=O) groups is 1. The van der Waals surface area contributed by atoms with Crippen molar-refractivity contribution in [2.75, 3.05) is 14.2 Å². The first kappa shape index (κ1) is 13.1. The lowest BCUT2D eigenvalue weighted by atomic mass is 10.1. The van der Waals surface area contributed by atoms with Crippen molar-refractivity contribution in [1.82, 2.24) is 5.16 Å². The van der Waals surface area contributed by atoms with Gasteiger partial charge in [0.15, 0.2) is 11.6 Å².